The maximum Gasteiger partial charge on any atom is 0.411 e. The van der Waals surface area contributed by atoms with Crippen LogP contribution < -0.4 is 5.32 Å². The van der Waals surface area contributed by atoms with Crippen LogP contribution in [0.3, 0.4) is 0 Å². The normalized spacial score (nSPS) is 24.2. The van der Waals surface area contributed by atoms with Crippen molar-refractivity contribution in [2.75, 3.05) is 25.0 Å². The van der Waals surface area contributed by atoms with Gasteiger partial charge in [-0.05, 0) is 43.5 Å². The summed E-state index contributed by atoms with van der Waals surface area (Å²) in [6.45, 7) is 3.16. The number of nitrogens with zero attached hydrogens (tertiary/aromatic N) is 1. The van der Waals surface area contributed by atoms with Crippen molar-refractivity contribution < 1.29 is 9.53 Å². The number of nitrogens with one attached hydrogen (secondary N) is 1. The molecule has 2 aromatic carbocycles. The number of benzene rings is 2. The van der Waals surface area contributed by atoms with Crippen molar-refractivity contribution in [2.24, 2.45) is 5.92 Å². The highest BCUT2D eigenvalue weighted by atomic mass is 35.5. The molecule has 3 aliphatic heterocycles. The molecule has 0 saturated carbocycles. The molecule has 0 aliphatic carbocycles. The SMILES string of the molecule is Cl.O=C(Nc1ccccc1-c1ccccc1)OC1CN2CCC1CC2. The summed E-state index contributed by atoms with van der Waals surface area (Å²) < 4.78 is 5.73. The van der Waals surface area contributed by atoms with E-state index in [2.05, 4.69) is 10.2 Å². The van der Waals surface area contributed by atoms with Crippen LogP contribution >= 0.6 is 12.4 Å². The predicted octanol–water partition coefficient (Wildman–Crippen LogP) is 4.42. The molecule has 1 unspecified atom stereocenters. The number of ether oxygens (including phenoxy) is 1. The number of hydrogen-bond donors (Lipinski definition) is 1. The van der Waals surface area contributed by atoms with Crippen molar-refractivity contribution in [1.29, 1.82) is 0 Å². The van der Waals surface area contributed by atoms with Crippen LogP contribution in [0.5, 0.6) is 0 Å². The Bertz CT molecular complexity index is 715. The molecule has 2 bridgehead atoms. The average Bonchev–Trinajstić information content (AvgIpc) is 2.64. The zero-order chi connectivity index (χ0) is 16.4. The summed E-state index contributed by atoms with van der Waals surface area (Å²) in [6.07, 6.45) is 1.95. The average molecular weight is 359 g/mol. The van der Waals surface area contributed by atoms with Crippen molar-refractivity contribution in [1.82, 2.24) is 4.90 Å². The molecule has 4 nitrogen and oxygen atoms in total. The largest absolute Gasteiger partial charge is 0.444 e. The van der Waals surface area contributed by atoms with E-state index in [9.17, 15) is 4.79 Å². The van der Waals surface area contributed by atoms with E-state index in [1.807, 2.05) is 54.6 Å². The first kappa shape index (κ1) is 17.8. The summed E-state index contributed by atoms with van der Waals surface area (Å²) in [4.78, 5) is 14.8. The minimum Gasteiger partial charge on any atom is -0.444 e. The molecule has 5 rings (SSSR count). The molecule has 3 heterocycles. The van der Waals surface area contributed by atoms with Crippen molar-refractivity contribution in [3.63, 3.8) is 0 Å². The van der Waals surface area contributed by atoms with Crippen LogP contribution in [0.2, 0.25) is 0 Å². The van der Waals surface area contributed by atoms with Crippen molar-refractivity contribution in [2.45, 2.75) is 18.9 Å². The number of carbonyl (C=O) groups is 1. The van der Waals surface area contributed by atoms with E-state index >= 15 is 0 Å². The second-order valence-electron chi connectivity index (χ2n) is 6.62. The Kier molecular flexibility index (Phi) is 5.61. The molecule has 25 heavy (non-hydrogen) atoms. The quantitative estimate of drug-likeness (QED) is 0.883. The fourth-order valence-electron chi connectivity index (χ4n) is 3.78. The van der Waals surface area contributed by atoms with Gasteiger partial charge in [0.05, 0.1) is 5.69 Å². The van der Waals surface area contributed by atoms with Crippen LogP contribution in [-0.2, 0) is 4.74 Å². The zero-order valence-electron chi connectivity index (χ0n) is 14.1. The van der Waals surface area contributed by atoms with Crippen molar-refractivity contribution >= 4 is 24.2 Å². The van der Waals surface area contributed by atoms with Crippen LogP contribution in [0.4, 0.5) is 10.5 Å². The molecule has 2 aromatic rings. The molecule has 132 valence electrons. The van der Waals surface area contributed by atoms with E-state index in [0.717, 1.165) is 49.3 Å². The summed E-state index contributed by atoms with van der Waals surface area (Å²) in [5.74, 6) is 0.519. The van der Waals surface area contributed by atoms with Crippen LogP contribution in [0.1, 0.15) is 12.8 Å². The third-order valence-corrected chi connectivity index (χ3v) is 5.10. The monoisotopic (exact) mass is 358 g/mol. The van der Waals surface area contributed by atoms with E-state index in [-0.39, 0.29) is 24.6 Å². The Morgan fingerprint density at radius 2 is 1.68 bits per heavy atom. The van der Waals surface area contributed by atoms with Crippen LogP contribution in [0, 0.1) is 5.92 Å². The summed E-state index contributed by atoms with van der Waals surface area (Å²) in [5, 5.41) is 2.94. The molecule has 3 fully saturated rings. The molecule has 1 atom stereocenters. The second-order valence-corrected chi connectivity index (χ2v) is 6.62. The highest BCUT2D eigenvalue weighted by molar-refractivity contribution is 5.91. The number of para-hydroxylation sites is 1. The topological polar surface area (TPSA) is 41.6 Å². The number of hydrogen-bond acceptors (Lipinski definition) is 3. The minimum atomic E-state index is -0.350. The predicted molar refractivity (Wildman–Crippen MR) is 102 cm³/mol. The van der Waals surface area contributed by atoms with Crippen LogP contribution in [0.25, 0.3) is 11.1 Å². The maximum atomic E-state index is 12.4. The molecule has 5 heteroatoms. The Morgan fingerprint density at radius 3 is 2.36 bits per heavy atom. The highest BCUT2D eigenvalue weighted by Crippen LogP contribution is 2.31. The molecule has 0 radical (unpaired) electrons. The number of rotatable bonds is 3. The third-order valence-electron chi connectivity index (χ3n) is 5.10. The van der Waals surface area contributed by atoms with E-state index in [1.165, 1.54) is 0 Å². The van der Waals surface area contributed by atoms with Gasteiger partial charge in [-0.15, -0.1) is 12.4 Å². The Balaban J connectivity index is 0.00000182. The van der Waals surface area contributed by atoms with Gasteiger partial charge in [0.2, 0.25) is 0 Å². The third kappa shape index (κ3) is 3.97. The molecular formula is C20H23ClN2O2. The van der Waals surface area contributed by atoms with Gasteiger partial charge in [0.15, 0.2) is 0 Å². The number of halogens is 1. The molecule has 0 spiro atoms. The standard InChI is InChI=1S/C20H22N2O2.ClH/c23-20(24-19-14-22-12-10-16(19)11-13-22)21-18-9-5-4-8-17(18)15-6-2-1-3-7-15;/h1-9,16,19H,10-14H2,(H,21,23);1H. The maximum absolute atomic E-state index is 12.4. The number of fused-ring (bicyclic) bond motifs is 3. The lowest BCUT2D eigenvalue weighted by Gasteiger charge is -2.43. The summed E-state index contributed by atoms with van der Waals surface area (Å²) >= 11 is 0. The zero-order valence-corrected chi connectivity index (χ0v) is 14.9. The molecular weight excluding hydrogens is 336 g/mol. The van der Waals surface area contributed by atoms with Crippen LogP contribution in [-0.4, -0.2) is 36.7 Å². The number of carbonyl (C=O) groups excluding carboxylic acids is 1. The van der Waals surface area contributed by atoms with Gasteiger partial charge in [-0.3, -0.25) is 10.2 Å². The number of piperidine rings is 3. The van der Waals surface area contributed by atoms with Gasteiger partial charge in [-0.25, -0.2) is 4.79 Å². The molecule has 1 amide bonds. The Labute approximate surface area is 154 Å². The van der Waals surface area contributed by atoms with E-state index in [0.29, 0.717) is 5.92 Å². The first-order chi connectivity index (χ1) is 11.8. The first-order valence-corrected chi connectivity index (χ1v) is 8.64. The Morgan fingerprint density at radius 1 is 1.00 bits per heavy atom. The van der Waals surface area contributed by atoms with E-state index in [1.54, 1.807) is 0 Å². The lowest BCUT2D eigenvalue weighted by molar-refractivity contribution is -0.0289. The summed E-state index contributed by atoms with van der Waals surface area (Å²) in [6, 6.07) is 17.9. The summed E-state index contributed by atoms with van der Waals surface area (Å²) in [5.41, 5.74) is 2.87. The van der Waals surface area contributed by atoms with Gasteiger partial charge in [0.25, 0.3) is 0 Å². The van der Waals surface area contributed by atoms with Gasteiger partial charge in [0, 0.05) is 12.1 Å². The van der Waals surface area contributed by atoms with Gasteiger partial charge < -0.3 is 4.74 Å². The van der Waals surface area contributed by atoms with Gasteiger partial charge in [0.1, 0.15) is 6.10 Å². The lowest BCUT2D eigenvalue weighted by atomic mass is 9.86. The number of amides is 1. The first-order valence-electron chi connectivity index (χ1n) is 8.64. The molecule has 3 saturated heterocycles. The van der Waals surface area contributed by atoms with Crippen molar-refractivity contribution in [3.05, 3.63) is 54.6 Å². The molecule has 1 N–H and O–H groups in total. The molecule has 3 aliphatic rings. The fraction of sp³-hybridized carbons (Fsp3) is 0.350. The molecule has 0 aromatic heterocycles. The number of anilines is 1. The van der Waals surface area contributed by atoms with Crippen molar-refractivity contribution in [3.8, 4) is 11.1 Å². The smallest absolute Gasteiger partial charge is 0.411 e. The highest BCUT2D eigenvalue weighted by Gasteiger charge is 2.36. The van der Waals surface area contributed by atoms with Gasteiger partial charge in [-0.1, -0.05) is 48.5 Å². The lowest BCUT2D eigenvalue weighted by Crippen LogP contribution is -2.52. The second kappa shape index (κ2) is 7.89. The van der Waals surface area contributed by atoms with E-state index in [4.69, 9.17) is 4.74 Å². The summed E-state index contributed by atoms with van der Waals surface area (Å²) in [7, 11) is 0. The van der Waals surface area contributed by atoms with Gasteiger partial charge >= 0.3 is 6.09 Å². The van der Waals surface area contributed by atoms with E-state index < -0.39 is 0 Å². The Hall–Kier alpha value is -2.04. The van der Waals surface area contributed by atoms with Crippen LogP contribution in [0.15, 0.2) is 54.6 Å². The minimum absolute atomic E-state index is 0. The van der Waals surface area contributed by atoms with Gasteiger partial charge in [-0.2, -0.15) is 0 Å². The fourth-order valence-corrected chi connectivity index (χ4v) is 3.78.